The Balaban J connectivity index is 1.55. The minimum atomic E-state index is -0.612. The molecule has 0 radical (unpaired) electrons. The van der Waals surface area contributed by atoms with Crippen molar-refractivity contribution in [3.8, 4) is 5.75 Å². The molecule has 34 heavy (non-hydrogen) atoms. The van der Waals surface area contributed by atoms with Crippen molar-refractivity contribution in [3.05, 3.63) is 106 Å². The lowest BCUT2D eigenvalue weighted by molar-refractivity contribution is -0.384. The van der Waals surface area contributed by atoms with Gasteiger partial charge >= 0.3 is 5.97 Å². The van der Waals surface area contributed by atoms with E-state index in [1.165, 1.54) is 18.2 Å². The summed E-state index contributed by atoms with van der Waals surface area (Å²) in [5, 5.41) is 11.7. The van der Waals surface area contributed by atoms with Gasteiger partial charge in [0.25, 0.3) is 5.69 Å². The Labute approximate surface area is 220 Å². The fourth-order valence-corrected chi connectivity index (χ4v) is 5.00. The molecule has 0 aromatic heterocycles. The summed E-state index contributed by atoms with van der Waals surface area (Å²) in [7, 11) is 0. The zero-order valence-corrected chi connectivity index (χ0v) is 21.6. The molecule has 0 spiro atoms. The van der Waals surface area contributed by atoms with Gasteiger partial charge in [-0.25, -0.2) is 9.79 Å². The van der Waals surface area contributed by atoms with E-state index in [1.54, 1.807) is 42.5 Å². The molecule has 4 rings (SSSR count). The molecule has 7 nitrogen and oxygen atoms in total. The van der Waals surface area contributed by atoms with Crippen LogP contribution in [-0.2, 0) is 16.1 Å². The highest BCUT2D eigenvalue weighted by atomic mass is 79.9. The predicted molar refractivity (Wildman–Crippen MR) is 136 cm³/mol. The molecule has 0 amide bonds. The number of nitrogens with zero attached hydrogens (tertiary/aromatic N) is 2. The largest absolute Gasteiger partial charge is 0.487 e. The third kappa shape index (κ3) is 5.50. The second-order valence-corrected chi connectivity index (χ2v) is 9.54. The van der Waals surface area contributed by atoms with E-state index in [2.05, 4.69) is 36.9 Å². The summed E-state index contributed by atoms with van der Waals surface area (Å²) in [6, 6.07) is 14.5. The fourth-order valence-electron chi connectivity index (χ4n) is 3.06. The Morgan fingerprint density at radius 1 is 1.09 bits per heavy atom. The summed E-state index contributed by atoms with van der Waals surface area (Å²) in [6.45, 7) is 0.126. The van der Waals surface area contributed by atoms with Gasteiger partial charge in [-0.3, -0.25) is 10.1 Å². The maximum Gasteiger partial charge on any atom is 0.363 e. The summed E-state index contributed by atoms with van der Waals surface area (Å²) in [6.07, 6.45) is 1.57. The van der Waals surface area contributed by atoms with E-state index in [1.807, 2.05) is 0 Å². The van der Waals surface area contributed by atoms with Gasteiger partial charge in [-0.1, -0.05) is 35.3 Å². The number of cyclic esters (lactones) is 1. The number of ether oxygens (including phenoxy) is 2. The summed E-state index contributed by atoms with van der Waals surface area (Å²) in [4.78, 5) is 27.1. The third-order valence-electron chi connectivity index (χ3n) is 4.61. The van der Waals surface area contributed by atoms with Gasteiger partial charge in [0, 0.05) is 17.2 Å². The Bertz CT molecular complexity index is 1370. The standard InChI is InChI=1S/C23H12Br2Cl2N2O5/c24-17-7-13(8-18(25)21(17)33-11-12-2-1-3-15(6-12)29(31)32)9-20-23(30)34-22(28-20)16-5-4-14(26)10-19(16)27/h1-10H,11H2/b20-9-. The van der Waals surface area contributed by atoms with Gasteiger partial charge in [0.15, 0.2) is 5.70 Å². The number of nitro groups is 1. The van der Waals surface area contributed by atoms with E-state index < -0.39 is 10.9 Å². The molecular weight excluding hydrogens is 615 g/mol. The number of rotatable bonds is 6. The molecule has 3 aromatic rings. The van der Waals surface area contributed by atoms with Crippen LogP contribution in [0.25, 0.3) is 6.08 Å². The van der Waals surface area contributed by atoms with Crippen LogP contribution in [0.5, 0.6) is 5.75 Å². The number of benzene rings is 3. The molecule has 0 unspecified atom stereocenters. The van der Waals surface area contributed by atoms with Crippen molar-refractivity contribution >= 4 is 78.7 Å². The molecule has 1 aliphatic heterocycles. The zero-order valence-electron chi connectivity index (χ0n) is 16.9. The number of nitro benzene ring substituents is 1. The SMILES string of the molecule is O=C1OC(c2ccc(Cl)cc2Cl)=N/C1=C\c1cc(Br)c(OCc2cccc([N+](=O)[O-])c2)c(Br)c1. The number of aliphatic imine (C=N–C) groups is 1. The first-order chi connectivity index (χ1) is 16.2. The lowest BCUT2D eigenvalue weighted by Crippen LogP contribution is -2.05. The number of hydrogen-bond acceptors (Lipinski definition) is 6. The first kappa shape index (κ1) is 24.4. The van der Waals surface area contributed by atoms with Crippen molar-refractivity contribution < 1.29 is 19.2 Å². The molecule has 1 aliphatic rings. The van der Waals surface area contributed by atoms with Crippen LogP contribution in [0.1, 0.15) is 16.7 Å². The lowest BCUT2D eigenvalue weighted by Gasteiger charge is -2.11. The zero-order chi connectivity index (χ0) is 24.4. The maximum atomic E-state index is 12.3. The Morgan fingerprint density at radius 2 is 1.82 bits per heavy atom. The van der Waals surface area contributed by atoms with Gasteiger partial charge in [0.1, 0.15) is 12.4 Å². The lowest BCUT2D eigenvalue weighted by atomic mass is 10.2. The molecule has 0 atom stereocenters. The molecule has 1 heterocycles. The van der Waals surface area contributed by atoms with Crippen LogP contribution in [-0.4, -0.2) is 16.8 Å². The predicted octanol–water partition coefficient (Wildman–Crippen LogP) is 7.35. The van der Waals surface area contributed by atoms with Gasteiger partial charge in [-0.05, 0) is 79.4 Å². The minimum Gasteiger partial charge on any atom is -0.487 e. The van der Waals surface area contributed by atoms with Gasteiger partial charge in [0.2, 0.25) is 5.90 Å². The fraction of sp³-hybridized carbons (Fsp3) is 0.0435. The number of halogens is 4. The highest BCUT2D eigenvalue weighted by molar-refractivity contribution is 9.11. The van der Waals surface area contributed by atoms with Crippen LogP contribution in [0.2, 0.25) is 10.0 Å². The van der Waals surface area contributed by atoms with Crippen molar-refractivity contribution in [2.24, 2.45) is 4.99 Å². The molecule has 0 bridgehead atoms. The van der Waals surface area contributed by atoms with Crippen LogP contribution in [0, 0.1) is 10.1 Å². The quantitative estimate of drug-likeness (QED) is 0.123. The molecular formula is C23H12Br2Cl2N2O5. The second kappa shape index (κ2) is 10.3. The summed E-state index contributed by atoms with van der Waals surface area (Å²) >= 11 is 19.0. The van der Waals surface area contributed by atoms with Crippen LogP contribution in [0.4, 0.5) is 5.69 Å². The van der Waals surface area contributed by atoms with Crippen molar-refractivity contribution in [2.45, 2.75) is 6.61 Å². The molecule has 11 heteroatoms. The van der Waals surface area contributed by atoms with Crippen molar-refractivity contribution in [1.29, 1.82) is 0 Å². The Morgan fingerprint density at radius 3 is 2.50 bits per heavy atom. The summed E-state index contributed by atoms with van der Waals surface area (Å²) in [5.41, 5.74) is 1.85. The number of carbonyl (C=O) groups excluding carboxylic acids is 1. The first-order valence-corrected chi connectivity index (χ1v) is 11.9. The van der Waals surface area contributed by atoms with Gasteiger partial charge in [-0.2, -0.15) is 0 Å². The van der Waals surface area contributed by atoms with Crippen LogP contribution < -0.4 is 4.74 Å². The van der Waals surface area contributed by atoms with E-state index in [4.69, 9.17) is 32.7 Å². The van der Waals surface area contributed by atoms with Crippen LogP contribution in [0.3, 0.4) is 0 Å². The highest BCUT2D eigenvalue weighted by Gasteiger charge is 2.26. The van der Waals surface area contributed by atoms with Gasteiger partial charge in [-0.15, -0.1) is 0 Å². The van der Waals surface area contributed by atoms with Gasteiger partial charge < -0.3 is 9.47 Å². The topological polar surface area (TPSA) is 91.0 Å². The number of non-ortho nitro benzene ring substituents is 1. The van der Waals surface area contributed by atoms with Crippen LogP contribution in [0.15, 0.2) is 74.2 Å². The molecule has 172 valence electrons. The van der Waals surface area contributed by atoms with E-state index in [-0.39, 0.29) is 23.9 Å². The molecule has 0 saturated carbocycles. The van der Waals surface area contributed by atoms with Crippen molar-refractivity contribution in [3.63, 3.8) is 0 Å². The smallest absolute Gasteiger partial charge is 0.363 e. The maximum absolute atomic E-state index is 12.3. The summed E-state index contributed by atoms with van der Waals surface area (Å²) < 4.78 is 12.3. The highest BCUT2D eigenvalue weighted by Crippen LogP contribution is 2.36. The monoisotopic (exact) mass is 624 g/mol. The van der Waals surface area contributed by atoms with Crippen molar-refractivity contribution in [2.75, 3.05) is 0 Å². The normalized spacial score (nSPS) is 14.2. The molecule has 0 N–H and O–H groups in total. The Hall–Kier alpha value is -2.72. The summed E-state index contributed by atoms with van der Waals surface area (Å²) in [5.74, 6) is -0.0213. The molecule has 0 aliphatic carbocycles. The number of esters is 1. The van der Waals surface area contributed by atoms with E-state index >= 15 is 0 Å². The first-order valence-electron chi connectivity index (χ1n) is 9.54. The molecule has 0 fully saturated rings. The van der Waals surface area contributed by atoms with E-state index in [0.717, 1.165) is 0 Å². The minimum absolute atomic E-state index is 0.00975. The molecule has 0 saturated heterocycles. The number of carbonyl (C=O) groups is 1. The van der Waals surface area contributed by atoms with Gasteiger partial charge in [0.05, 0.1) is 24.5 Å². The van der Waals surface area contributed by atoms with E-state index in [0.29, 0.717) is 41.4 Å². The molecule has 3 aromatic carbocycles. The van der Waals surface area contributed by atoms with Crippen LogP contribution >= 0.6 is 55.1 Å². The second-order valence-electron chi connectivity index (χ2n) is 6.99. The Kier molecular flexibility index (Phi) is 7.37. The van der Waals surface area contributed by atoms with Crippen molar-refractivity contribution in [1.82, 2.24) is 0 Å². The average molecular weight is 627 g/mol. The van der Waals surface area contributed by atoms with E-state index in [9.17, 15) is 14.9 Å². The number of hydrogen-bond donors (Lipinski definition) is 0. The average Bonchev–Trinajstić information content (AvgIpc) is 3.13. The third-order valence-corrected chi connectivity index (χ3v) is 6.34.